The third-order valence-corrected chi connectivity index (χ3v) is 3.45. The lowest BCUT2D eigenvalue weighted by atomic mass is 10.1. The first-order valence-corrected chi connectivity index (χ1v) is 5.72. The van der Waals surface area contributed by atoms with E-state index in [1.165, 1.54) is 17.9 Å². The Hall–Kier alpha value is -0.170. The second kappa shape index (κ2) is 4.90. The van der Waals surface area contributed by atoms with Crippen LogP contribution in [0.15, 0.2) is 10.7 Å². The fraction of sp³-hybridized carbons (Fsp3) is 0.714. The molecule has 0 fully saturated rings. The molecule has 1 rings (SSSR count). The molecule has 0 aliphatic heterocycles. The zero-order chi connectivity index (χ0) is 9.73. The number of rotatable bonds is 5. The second-order valence-electron chi connectivity index (χ2n) is 3.01. The standard InChI is InChI=1S/C7H13N3OS2/c1-7(11,4-8)2-3-12-6-9-5-10-13-6/h5,11H,2-4,8H2,1H3. The molecule has 4 nitrogen and oxygen atoms in total. The van der Waals surface area contributed by atoms with Crippen molar-refractivity contribution in [2.24, 2.45) is 5.73 Å². The molecule has 3 N–H and O–H groups in total. The number of nitrogens with zero attached hydrogens (tertiary/aromatic N) is 2. The fourth-order valence-electron chi connectivity index (χ4n) is 0.687. The molecule has 0 bridgehead atoms. The molecule has 0 aliphatic carbocycles. The van der Waals surface area contributed by atoms with Gasteiger partial charge in [-0.3, -0.25) is 0 Å². The van der Waals surface area contributed by atoms with Crippen LogP contribution in [0.3, 0.4) is 0 Å². The predicted molar refractivity (Wildman–Crippen MR) is 54.9 cm³/mol. The molecule has 0 amide bonds. The molecule has 1 heterocycles. The Labute approximate surface area is 85.7 Å². The molecule has 1 unspecified atom stereocenters. The highest BCUT2D eigenvalue weighted by Crippen LogP contribution is 2.21. The zero-order valence-corrected chi connectivity index (χ0v) is 9.07. The molecular weight excluding hydrogens is 206 g/mol. The first-order chi connectivity index (χ1) is 6.14. The van der Waals surface area contributed by atoms with E-state index in [0.29, 0.717) is 13.0 Å². The minimum Gasteiger partial charge on any atom is -0.389 e. The van der Waals surface area contributed by atoms with Gasteiger partial charge in [-0.05, 0) is 24.9 Å². The number of aliphatic hydroxyl groups is 1. The molecule has 0 radical (unpaired) electrons. The van der Waals surface area contributed by atoms with Gasteiger partial charge < -0.3 is 10.8 Å². The maximum atomic E-state index is 9.58. The van der Waals surface area contributed by atoms with E-state index in [1.54, 1.807) is 18.7 Å². The van der Waals surface area contributed by atoms with Gasteiger partial charge in [-0.1, -0.05) is 11.8 Å². The van der Waals surface area contributed by atoms with Crippen molar-refractivity contribution >= 4 is 23.3 Å². The summed E-state index contributed by atoms with van der Waals surface area (Å²) in [4.78, 5) is 4.02. The average molecular weight is 219 g/mol. The summed E-state index contributed by atoms with van der Waals surface area (Å²) in [5.41, 5.74) is 4.63. The van der Waals surface area contributed by atoms with E-state index in [9.17, 15) is 5.11 Å². The van der Waals surface area contributed by atoms with Crippen LogP contribution in [0, 0.1) is 0 Å². The summed E-state index contributed by atoms with van der Waals surface area (Å²) >= 11 is 2.97. The Kier molecular flexibility index (Phi) is 4.11. The Morgan fingerprint density at radius 2 is 2.54 bits per heavy atom. The number of nitrogens with two attached hydrogens (primary N) is 1. The van der Waals surface area contributed by atoms with Crippen LogP contribution in [0.2, 0.25) is 0 Å². The number of aromatic nitrogens is 2. The van der Waals surface area contributed by atoms with Crippen molar-refractivity contribution in [1.29, 1.82) is 0 Å². The molecule has 0 aromatic carbocycles. The molecular formula is C7H13N3OS2. The molecule has 74 valence electrons. The lowest BCUT2D eigenvalue weighted by Crippen LogP contribution is -2.34. The molecule has 6 heteroatoms. The fourth-order valence-corrected chi connectivity index (χ4v) is 2.39. The first kappa shape index (κ1) is 10.9. The third kappa shape index (κ3) is 4.04. The van der Waals surface area contributed by atoms with Crippen LogP contribution in [0.1, 0.15) is 13.3 Å². The predicted octanol–water partition coefficient (Wildman–Crippen LogP) is 0.730. The van der Waals surface area contributed by atoms with E-state index in [4.69, 9.17) is 5.73 Å². The first-order valence-electron chi connectivity index (χ1n) is 3.96. The van der Waals surface area contributed by atoms with Gasteiger partial charge in [-0.15, -0.1) is 0 Å². The lowest BCUT2D eigenvalue weighted by molar-refractivity contribution is 0.0665. The van der Waals surface area contributed by atoms with Crippen molar-refractivity contribution in [3.8, 4) is 0 Å². The van der Waals surface area contributed by atoms with Gasteiger partial charge in [-0.2, -0.15) is 4.37 Å². The second-order valence-corrected chi connectivity index (χ2v) is 5.13. The largest absolute Gasteiger partial charge is 0.389 e. The van der Waals surface area contributed by atoms with E-state index in [-0.39, 0.29) is 0 Å². The Balaban J connectivity index is 2.21. The third-order valence-electron chi connectivity index (χ3n) is 1.65. The van der Waals surface area contributed by atoms with Crippen LogP contribution in [-0.4, -0.2) is 32.4 Å². The monoisotopic (exact) mass is 219 g/mol. The molecule has 0 saturated carbocycles. The van der Waals surface area contributed by atoms with Crippen molar-refractivity contribution in [2.45, 2.75) is 23.3 Å². The summed E-state index contributed by atoms with van der Waals surface area (Å²) in [6, 6.07) is 0. The summed E-state index contributed by atoms with van der Waals surface area (Å²) in [5.74, 6) is 0.819. The van der Waals surface area contributed by atoms with E-state index in [1.807, 2.05) is 0 Å². The number of hydrogen-bond donors (Lipinski definition) is 2. The van der Waals surface area contributed by atoms with Gasteiger partial charge in [0.25, 0.3) is 0 Å². The van der Waals surface area contributed by atoms with E-state index < -0.39 is 5.60 Å². The van der Waals surface area contributed by atoms with Crippen LogP contribution in [-0.2, 0) is 0 Å². The van der Waals surface area contributed by atoms with E-state index in [0.717, 1.165) is 10.1 Å². The highest BCUT2D eigenvalue weighted by atomic mass is 32.2. The highest BCUT2D eigenvalue weighted by Gasteiger charge is 2.17. The van der Waals surface area contributed by atoms with Crippen LogP contribution in [0.25, 0.3) is 0 Å². The summed E-state index contributed by atoms with van der Waals surface area (Å²) < 4.78 is 4.82. The summed E-state index contributed by atoms with van der Waals surface area (Å²) in [7, 11) is 0. The van der Waals surface area contributed by atoms with Gasteiger partial charge >= 0.3 is 0 Å². The highest BCUT2D eigenvalue weighted by molar-refractivity contribution is 8.00. The topological polar surface area (TPSA) is 72.0 Å². The smallest absolute Gasteiger partial charge is 0.169 e. The van der Waals surface area contributed by atoms with Crippen molar-refractivity contribution in [2.75, 3.05) is 12.3 Å². The van der Waals surface area contributed by atoms with Gasteiger partial charge in [0.15, 0.2) is 4.34 Å². The molecule has 0 spiro atoms. The number of hydrogen-bond acceptors (Lipinski definition) is 6. The number of thioether (sulfide) groups is 1. The summed E-state index contributed by atoms with van der Waals surface area (Å²) in [5, 5.41) is 9.58. The van der Waals surface area contributed by atoms with Crippen LogP contribution in [0.4, 0.5) is 0 Å². The Morgan fingerprint density at radius 3 is 3.08 bits per heavy atom. The maximum Gasteiger partial charge on any atom is 0.169 e. The quantitative estimate of drug-likeness (QED) is 0.714. The molecule has 1 aromatic heterocycles. The summed E-state index contributed by atoms with van der Waals surface area (Å²) in [6.45, 7) is 2.04. The Bertz CT molecular complexity index is 238. The van der Waals surface area contributed by atoms with Gasteiger partial charge in [0, 0.05) is 12.3 Å². The zero-order valence-electron chi connectivity index (χ0n) is 7.43. The average Bonchev–Trinajstić information content (AvgIpc) is 2.57. The minimum atomic E-state index is -0.752. The SMILES string of the molecule is CC(O)(CN)CCSc1ncns1. The molecule has 1 aromatic rings. The van der Waals surface area contributed by atoms with E-state index >= 15 is 0 Å². The van der Waals surface area contributed by atoms with Crippen LogP contribution < -0.4 is 5.73 Å². The van der Waals surface area contributed by atoms with Crippen molar-refractivity contribution in [3.05, 3.63) is 6.33 Å². The van der Waals surface area contributed by atoms with Gasteiger partial charge in [-0.25, -0.2) is 4.98 Å². The Morgan fingerprint density at radius 1 is 1.77 bits per heavy atom. The van der Waals surface area contributed by atoms with Gasteiger partial charge in [0.2, 0.25) is 0 Å². The molecule has 1 atom stereocenters. The molecule has 0 aliphatic rings. The van der Waals surface area contributed by atoms with Gasteiger partial charge in [0.1, 0.15) is 6.33 Å². The summed E-state index contributed by atoms with van der Waals surface area (Å²) in [6.07, 6.45) is 2.21. The van der Waals surface area contributed by atoms with Crippen molar-refractivity contribution < 1.29 is 5.11 Å². The normalized spacial score (nSPS) is 15.6. The molecule has 0 saturated heterocycles. The lowest BCUT2D eigenvalue weighted by Gasteiger charge is -2.19. The maximum absolute atomic E-state index is 9.58. The van der Waals surface area contributed by atoms with Crippen LogP contribution in [0.5, 0.6) is 0 Å². The van der Waals surface area contributed by atoms with Crippen LogP contribution >= 0.6 is 23.3 Å². The minimum absolute atomic E-state index is 0.295. The van der Waals surface area contributed by atoms with Crippen molar-refractivity contribution in [3.63, 3.8) is 0 Å². The molecule has 13 heavy (non-hydrogen) atoms. The van der Waals surface area contributed by atoms with Crippen molar-refractivity contribution in [1.82, 2.24) is 9.36 Å². The van der Waals surface area contributed by atoms with Gasteiger partial charge in [0.05, 0.1) is 5.60 Å². The van der Waals surface area contributed by atoms with E-state index in [2.05, 4.69) is 9.36 Å².